The van der Waals surface area contributed by atoms with Gasteiger partial charge < -0.3 is 10.2 Å². The van der Waals surface area contributed by atoms with E-state index in [1.807, 2.05) is 20.8 Å². The summed E-state index contributed by atoms with van der Waals surface area (Å²) in [6.07, 6.45) is -1.19. The van der Waals surface area contributed by atoms with Gasteiger partial charge in [0, 0.05) is 5.54 Å². The molecular formula is C10H16FN3O. The molecule has 0 aromatic carbocycles. The van der Waals surface area contributed by atoms with Crippen LogP contribution in [-0.2, 0) is 4.79 Å². The number of hydrogen-bond acceptors (Lipinski definition) is 3. The first-order valence-corrected chi connectivity index (χ1v) is 4.93. The number of likely N-dealkylation sites (tertiary alicyclic amines) is 1. The Morgan fingerprint density at radius 3 is 2.67 bits per heavy atom. The Kier molecular flexibility index (Phi) is 3.30. The number of nitrogens with zero attached hydrogens (tertiary/aromatic N) is 2. The minimum Gasteiger partial charge on any atom is -0.320 e. The number of hydrogen-bond donors (Lipinski definition) is 1. The molecule has 5 heteroatoms. The zero-order chi connectivity index (χ0) is 11.6. The third-order valence-electron chi connectivity index (χ3n) is 2.27. The highest BCUT2D eigenvalue weighted by atomic mass is 19.1. The molecule has 1 heterocycles. The topological polar surface area (TPSA) is 56.1 Å². The Bertz CT molecular complexity index is 292. The number of alkyl halides is 1. The fourth-order valence-corrected chi connectivity index (χ4v) is 1.31. The molecule has 0 saturated carbocycles. The van der Waals surface area contributed by atoms with Gasteiger partial charge in [0.1, 0.15) is 0 Å². The normalized spacial score (nSPS) is 25.7. The quantitative estimate of drug-likeness (QED) is 0.724. The fraction of sp³-hybridized carbons (Fsp3) is 0.800. The average molecular weight is 213 g/mol. The first-order valence-electron chi connectivity index (χ1n) is 4.93. The number of nitrogens with one attached hydrogen (secondary N) is 1. The average Bonchev–Trinajstić information content (AvgIpc) is 2.09. The molecule has 1 aliphatic rings. The molecule has 0 spiro atoms. The molecule has 0 radical (unpaired) electrons. The number of carbonyl (C=O) groups is 1. The zero-order valence-corrected chi connectivity index (χ0v) is 9.25. The lowest BCUT2D eigenvalue weighted by Crippen LogP contribution is -2.61. The number of carbonyl (C=O) groups excluding carboxylic acids is 1. The molecule has 0 aromatic rings. The maximum atomic E-state index is 12.8. The molecule has 2 unspecified atom stereocenters. The fourth-order valence-electron chi connectivity index (χ4n) is 1.31. The highest BCUT2D eigenvalue weighted by Crippen LogP contribution is 2.20. The number of halogens is 1. The van der Waals surface area contributed by atoms with Crippen LogP contribution in [0.1, 0.15) is 20.8 Å². The van der Waals surface area contributed by atoms with Crippen molar-refractivity contribution in [3.8, 4) is 6.07 Å². The van der Waals surface area contributed by atoms with Crippen molar-refractivity contribution in [3.63, 3.8) is 0 Å². The molecule has 1 rings (SSSR count). The van der Waals surface area contributed by atoms with E-state index in [-0.39, 0.29) is 24.5 Å². The molecule has 0 aliphatic carbocycles. The summed E-state index contributed by atoms with van der Waals surface area (Å²) in [7, 11) is 0. The molecule has 15 heavy (non-hydrogen) atoms. The van der Waals surface area contributed by atoms with Crippen LogP contribution in [-0.4, -0.2) is 41.6 Å². The Morgan fingerprint density at radius 1 is 1.67 bits per heavy atom. The predicted molar refractivity (Wildman–Crippen MR) is 53.8 cm³/mol. The lowest BCUT2D eigenvalue weighted by molar-refractivity contribution is -0.141. The second-order valence-electron chi connectivity index (χ2n) is 4.74. The van der Waals surface area contributed by atoms with Gasteiger partial charge in [0.2, 0.25) is 5.91 Å². The molecule has 0 aromatic heterocycles. The monoisotopic (exact) mass is 213 g/mol. The van der Waals surface area contributed by atoms with E-state index in [4.69, 9.17) is 5.26 Å². The van der Waals surface area contributed by atoms with Crippen molar-refractivity contribution in [1.82, 2.24) is 10.2 Å². The molecule has 0 bridgehead atoms. The van der Waals surface area contributed by atoms with Crippen LogP contribution >= 0.6 is 0 Å². The van der Waals surface area contributed by atoms with Crippen molar-refractivity contribution in [2.24, 2.45) is 0 Å². The van der Waals surface area contributed by atoms with E-state index in [2.05, 4.69) is 5.32 Å². The van der Waals surface area contributed by atoms with Gasteiger partial charge >= 0.3 is 0 Å². The van der Waals surface area contributed by atoms with E-state index >= 15 is 0 Å². The van der Waals surface area contributed by atoms with Crippen LogP contribution in [0.5, 0.6) is 0 Å². The van der Waals surface area contributed by atoms with Crippen LogP contribution in [0.15, 0.2) is 0 Å². The number of rotatable bonds is 2. The molecule has 1 fully saturated rings. The van der Waals surface area contributed by atoms with Crippen molar-refractivity contribution in [2.75, 3.05) is 13.1 Å². The first-order chi connectivity index (χ1) is 6.85. The van der Waals surface area contributed by atoms with Gasteiger partial charge in [-0.3, -0.25) is 4.79 Å². The summed E-state index contributed by atoms with van der Waals surface area (Å²) >= 11 is 0. The third-order valence-corrected chi connectivity index (χ3v) is 2.27. The largest absolute Gasteiger partial charge is 0.320 e. The molecule has 1 amide bonds. The smallest absolute Gasteiger partial charge is 0.237 e. The summed E-state index contributed by atoms with van der Waals surface area (Å²) in [5.41, 5.74) is -0.155. The standard InChI is InChI=1S/C10H16FN3O/c1-10(2,3)13-5-9(15)14-6-7(11)8(14)4-12/h7-8,13H,5-6H2,1-3H3. The van der Waals surface area contributed by atoms with E-state index in [1.54, 1.807) is 6.07 Å². The molecular weight excluding hydrogens is 197 g/mol. The van der Waals surface area contributed by atoms with Gasteiger partial charge in [-0.2, -0.15) is 5.26 Å². The maximum absolute atomic E-state index is 12.8. The van der Waals surface area contributed by atoms with Gasteiger partial charge in [-0.1, -0.05) is 0 Å². The van der Waals surface area contributed by atoms with Gasteiger partial charge in [0.05, 0.1) is 19.2 Å². The summed E-state index contributed by atoms with van der Waals surface area (Å²) in [5.74, 6) is -0.217. The van der Waals surface area contributed by atoms with Crippen LogP contribution < -0.4 is 5.32 Å². The van der Waals surface area contributed by atoms with Crippen LogP contribution in [0.2, 0.25) is 0 Å². The predicted octanol–water partition coefficient (Wildman–Crippen LogP) is 0.447. The van der Waals surface area contributed by atoms with Gasteiger partial charge in [-0.25, -0.2) is 4.39 Å². The number of amides is 1. The van der Waals surface area contributed by atoms with Crippen molar-refractivity contribution in [3.05, 3.63) is 0 Å². The summed E-state index contributed by atoms with van der Waals surface area (Å²) in [5, 5.41) is 11.6. The van der Waals surface area contributed by atoms with Crippen LogP contribution in [0.4, 0.5) is 4.39 Å². The van der Waals surface area contributed by atoms with Crippen molar-refractivity contribution < 1.29 is 9.18 Å². The van der Waals surface area contributed by atoms with E-state index in [1.165, 1.54) is 4.90 Å². The third kappa shape index (κ3) is 2.90. The molecule has 1 aliphatic heterocycles. The Morgan fingerprint density at radius 2 is 2.27 bits per heavy atom. The Labute approximate surface area is 89.0 Å². The van der Waals surface area contributed by atoms with Gasteiger partial charge in [0.25, 0.3) is 0 Å². The highest BCUT2D eigenvalue weighted by Gasteiger charge is 2.42. The van der Waals surface area contributed by atoms with Crippen molar-refractivity contribution in [2.45, 2.75) is 38.5 Å². The van der Waals surface area contributed by atoms with Gasteiger partial charge in [-0.05, 0) is 20.8 Å². The summed E-state index contributed by atoms with van der Waals surface area (Å²) < 4.78 is 12.8. The number of nitriles is 1. The molecule has 1 saturated heterocycles. The molecule has 2 atom stereocenters. The molecule has 4 nitrogen and oxygen atoms in total. The van der Waals surface area contributed by atoms with E-state index in [0.717, 1.165) is 0 Å². The Balaban J connectivity index is 2.40. The summed E-state index contributed by atoms with van der Waals surface area (Å²) in [4.78, 5) is 12.8. The van der Waals surface area contributed by atoms with Crippen LogP contribution in [0, 0.1) is 11.3 Å². The minimum absolute atomic E-state index is 0.0445. The van der Waals surface area contributed by atoms with E-state index in [0.29, 0.717) is 0 Å². The Hall–Kier alpha value is -1.15. The van der Waals surface area contributed by atoms with E-state index < -0.39 is 12.2 Å². The van der Waals surface area contributed by atoms with Crippen LogP contribution in [0.25, 0.3) is 0 Å². The molecule has 1 N–H and O–H groups in total. The lowest BCUT2D eigenvalue weighted by atomic mass is 10.0. The zero-order valence-electron chi connectivity index (χ0n) is 9.25. The van der Waals surface area contributed by atoms with Gasteiger partial charge in [0.15, 0.2) is 12.2 Å². The summed E-state index contributed by atoms with van der Waals surface area (Å²) in [6.45, 7) is 6.01. The van der Waals surface area contributed by atoms with Crippen molar-refractivity contribution >= 4 is 5.91 Å². The lowest BCUT2D eigenvalue weighted by Gasteiger charge is -2.40. The first kappa shape index (κ1) is 11.9. The molecule has 84 valence electrons. The summed E-state index contributed by atoms with van der Waals surface area (Å²) in [6, 6.07) is 0.892. The minimum atomic E-state index is -1.19. The van der Waals surface area contributed by atoms with Gasteiger partial charge in [-0.15, -0.1) is 0 Å². The van der Waals surface area contributed by atoms with E-state index in [9.17, 15) is 9.18 Å². The second kappa shape index (κ2) is 4.15. The maximum Gasteiger partial charge on any atom is 0.237 e. The van der Waals surface area contributed by atoms with Crippen LogP contribution in [0.3, 0.4) is 0 Å². The highest BCUT2D eigenvalue weighted by molar-refractivity contribution is 5.80. The van der Waals surface area contributed by atoms with Crippen molar-refractivity contribution in [1.29, 1.82) is 5.26 Å². The second-order valence-corrected chi connectivity index (χ2v) is 4.74. The SMILES string of the molecule is CC(C)(C)NCC(=O)N1CC(F)C1C#N.